The molecule has 6 heteroatoms. The maximum absolute atomic E-state index is 12.5. The molecule has 5 nitrogen and oxygen atoms in total. The van der Waals surface area contributed by atoms with E-state index in [1.54, 1.807) is 35.2 Å². The van der Waals surface area contributed by atoms with Crippen molar-refractivity contribution in [2.24, 2.45) is 0 Å². The van der Waals surface area contributed by atoms with Gasteiger partial charge in [-0.3, -0.25) is 4.79 Å². The van der Waals surface area contributed by atoms with Crippen LogP contribution in [0.3, 0.4) is 0 Å². The molecule has 0 spiro atoms. The van der Waals surface area contributed by atoms with Crippen LogP contribution in [0.5, 0.6) is 0 Å². The van der Waals surface area contributed by atoms with Crippen molar-refractivity contribution in [3.05, 3.63) is 59.7 Å². The summed E-state index contributed by atoms with van der Waals surface area (Å²) in [5.41, 5.74) is 3.75. The van der Waals surface area contributed by atoms with Crippen LogP contribution in [0, 0.1) is 13.8 Å². The first-order chi connectivity index (χ1) is 12.9. The summed E-state index contributed by atoms with van der Waals surface area (Å²) in [4.78, 5) is 16.8. The van der Waals surface area contributed by atoms with Gasteiger partial charge in [0, 0.05) is 38.3 Å². The minimum atomic E-state index is -3.42. The molecule has 0 N–H and O–H groups in total. The molecule has 1 saturated heterocycles. The van der Waals surface area contributed by atoms with Gasteiger partial charge < -0.3 is 9.80 Å². The van der Waals surface area contributed by atoms with Gasteiger partial charge in [0.1, 0.15) is 0 Å². The van der Waals surface area contributed by atoms with Gasteiger partial charge in [-0.2, -0.15) is 0 Å². The fourth-order valence-electron chi connectivity index (χ4n) is 3.40. The molecule has 1 amide bonds. The summed E-state index contributed by atoms with van der Waals surface area (Å²) >= 11 is 0. The van der Waals surface area contributed by atoms with E-state index in [2.05, 4.69) is 36.9 Å². The summed E-state index contributed by atoms with van der Waals surface area (Å²) in [6.45, 7) is 7.00. The molecule has 0 saturated carbocycles. The van der Waals surface area contributed by atoms with E-state index in [1.165, 1.54) is 16.8 Å². The molecule has 1 heterocycles. The third-order valence-corrected chi connectivity index (χ3v) is 6.97. The van der Waals surface area contributed by atoms with E-state index in [0.29, 0.717) is 13.1 Å². The normalized spacial score (nSPS) is 15.0. The smallest absolute Gasteiger partial charge is 0.223 e. The van der Waals surface area contributed by atoms with Crippen LogP contribution in [0.4, 0.5) is 5.69 Å². The summed E-state index contributed by atoms with van der Waals surface area (Å²) in [6.07, 6.45) is 0.0285. The number of hydrogen-bond acceptors (Lipinski definition) is 4. The first kappa shape index (κ1) is 19.4. The topological polar surface area (TPSA) is 57.7 Å². The molecule has 1 aliphatic rings. The maximum Gasteiger partial charge on any atom is 0.223 e. The fourth-order valence-corrected chi connectivity index (χ4v) is 4.65. The minimum absolute atomic E-state index is 0.0285. The minimum Gasteiger partial charge on any atom is -0.368 e. The van der Waals surface area contributed by atoms with Gasteiger partial charge in [-0.05, 0) is 43.2 Å². The van der Waals surface area contributed by atoms with Gasteiger partial charge in [0.2, 0.25) is 5.91 Å². The first-order valence-corrected chi connectivity index (χ1v) is 10.9. The van der Waals surface area contributed by atoms with Crippen molar-refractivity contribution in [2.75, 3.05) is 36.8 Å². The molecule has 1 fully saturated rings. The lowest BCUT2D eigenvalue weighted by Crippen LogP contribution is -2.49. The molecule has 0 radical (unpaired) electrons. The number of sulfone groups is 1. The predicted molar refractivity (Wildman–Crippen MR) is 108 cm³/mol. The molecule has 1 aliphatic heterocycles. The number of piperazine rings is 1. The zero-order chi connectivity index (χ0) is 19.4. The summed E-state index contributed by atoms with van der Waals surface area (Å²) in [5.74, 6) is -0.234. The second-order valence-corrected chi connectivity index (χ2v) is 9.08. The molecular formula is C21H26N2O3S. The number of hydrogen-bond donors (Lipinski definition) is 0. The Morgan fingerprint density at radius 1 is 0.926 bits per heavy atom. The van der Waals surface area contributed by atoms with Gasteiger partial charge in [0.15, 0.2) is 9.84 Å². The van der Waals surface area contributed by atoms with E-state index < -0.39 is 9.84 Å². The Hall–Kier alpha value is -2.34. The van der Waals surface area contributed by atoms with Crippen LogP contribution in [0.2, 0.25) is 0 Å². The molecule has 0 bridgehead atoms. The molecule has 0 aliphatic carbocycles. The van der Waals surface area contributed by atoms with Crippen molar-refractivity contribution in [1.82, 2.24) is 4.90 Å². The summed E-state index contributed by atoms with van der Waals surface area (Å²) in [6, 6.07) is 14.6. The van der Waals surface area contributed by atoms with Gasteiger partial charge in [-0.1, -0.05) is 30.3 Å². The number of rotatable bonds is 5. The van der Waals surface area contributed by atoms with Crippen LogP contribution < -0.4 is 4.90 Å². The van der Waals surface area contributed by atoms with Crippen molar-refractivity contribution in [1.29, 1.82) is 0 Å². The number of nitrogens with zero attached hydrogens (tertiary/aromatic N) is 2. The number of amides is 1. The highest BCUT2D eigenvalue weighted by Gasteiger charge is 2.24. The lowest BCUT2D eigenvalue weighted by molar-refractivity contribution is -0.131. The van der Waals surface area contributed by atoms with Crippen LogP contribution in [0.25, 0.3) is 0 Å². The highest BCUT2D eigenvalue weighted by molar-refractivity contribution is 7.91. The second kappa shape index (κ2) is 8.13. The number of anilines is 1. The second-order valence-electron chi connectivity index (χ2n) is 6.97. The highest BCUT2D eigenvalue weighted by atomic mass is 32.2. The van der Waals surface area contributed by atoms with Gasteiger partial charge in [-0.15, -0.1) is 0 Å². The Labute approximate surface area is 161 Å². The fraction of sp³-hybridized carbons (Fsp3) is 0.381. The number of carbonyl (C=O) groups is 1. The Morgan fingerprint density at radius 2 is 1.59 bits per heavy atom. The van der Waals surface area contributed by atoms with E-state index in [-0.39, 0.29) is 23.0 Å². The van der Waals surface area contributed by atoms with Crippen molar-refractivity contribution < 1.29 is 13.2 Å². The van der Waals surface area contributed by atoms with Crippen LogP contribution >= 0.6 is 0 Å². The van der Waals surface area contributed by atoms with Crippen LogP contribution in [-0.2, 0) is 14.6 Å². The van der Waals surface area contributed by atoms with E-state index in [9.17, 15) is 13.2 Å². The van der Waals surface area contributed by atoms with Crippen LogP contribution in [0.1, 0.15) is 17.5 Å². The van der Waals surface area contributed by atoms with Crippen molar-refractivity contribution >= 4 is 21.4 Å². The SMILES string of the molecule is Cc1cccc(N2CCN(C(=O)CCS(=O)(=O)c3ccccc3)CC2)c1C. The number of carbonyl (C=O) groups excluding carboxylic acids is 1. The Morgan fingerprint density at radius 3 is 2.26 bits per heavy atom. The van der Waals surface area contributed by atoms with Gasteiger partial charge >= 0.3 is 0 Å². The summed E-state index contributed by atoms with van der Waals surface area (Å²) in [7, 11) is -3.42. The number of aryl methyl sites for hydroxylation is 1. The van der Waals surface area contributed by atoms with Crippen molar-refractivity contribution in [3.63, 3.8) is 0 Å². The van der Waals surface area contributed by atoms with Gasteiger partial charge in [0.25, 0.3) is 0 Å². The van der Waals surface area contributed by atoms with Gasteiger partial charge in [0.05, 0.1) is 10.6 Å². The van der Waals surface area contributed by atoms with Gasteiger partial charge in [-0.25, -0.2) is 8.42 Å². The van der Waals surface area contributed by atoms with E-state index >= 15 is 0 Å². The average Bonchev–Trinajstić information content (AvgIpc) is 2.69. The quantitative estimate of drug-likeness (QED) is 0.793. The summed E-state index contributed by atoms with van der Waals surface area (Å²) < 4.78 is 24.7. The average molecular weight is 387 g/mol. The molecule has 2 aromatic carbocycles. The highest BCUT2D eigenvalue weighted by Crippen LogP contribution is 2.24. The largest absolute Gasteiger partial charge is 0.368 e. The third kappa shape index (κ3) is 4.50. The number of benzene rings is 2. The Balaban J connectivity index is 1.55. The van der Waals surface area contributed by atoms with Crippen LogP contribution in [-0.4, -0.2) is 51.2 Å². The monoisotopic (exact) mass is 386 g/mol. The molecule has 27 heavy (non-hydrogen) atoms. The third-order valence-electron chi connectivity index (χ3n) is 5.24. The zero-order valence-electron chi connectivity index (χ0n) is 15.9. The Bertz CT molecular complexity index is 902. The Kier molecular flexibility index (Phi) is 5.85. The van der Waals surface area contributed by atoms with E-state index in [0.717, 1.165) is 13.1 Å². The standard InChI is InChI=1S/C21H26N2O3S/c1-17-7-6-10-20(18(17)2)22-12-14-23(15-13-22)21(24)11-16-27(25,26)19-8-4-3-5-9-19/h3-10H,11-16H2,1-2H3. The molecule has 2 aromatic rings. The maximum atomic E-state index is 12.5. The summed E-state index contributed by atoms with van der Waals surface area (Å²) in [5, 5.41) is 0. The van der Waals surface area contributed by atoms with Crippen LogP contribution in [0.15, 0.2) is 53.4 Å². The first-order valence-electron chi connectivity index (χ1n) is 9.25. The van der Waals surface area contributed by atoms with Crippen molar-refractivity contribution in [2.45, 2.75) is 25.2 Å². The van der Waals surface area contributed by atoms with Crippen molar-refractivity contribution in [3.8, 4) is 0 Å². The van der Waals surface area contributed by atoms with E-state index in [4.69, 9.17) is 0 Å². The molecule has 144 valence electrons. The molecular weight excluding hydrogens is 360 g/mol. The lowest BCUT2D eigenvalue weighted by Gasteiger charge is -2.37. The predicted octanol–water partition coefficient (Wildman–Crippen LogP) is 2.82. The molecule has 0 aromatic heterocycles. The zero-order valence-corrected chi connectivity index (χ0v) is 16.7. The lowest BCUT2D eigenvalue weighted by atomic mass is 10.1. The van der Waals surface area contributed by atoms with E-state index in [1.807, 2.05) is 0 Å². The molecule has 3 rings (SSSR count). The molecule has 0 atom stereocenters. The molecule has 0 unspecified atom stereocenters.